The third-order valence-corrected chi connectivity index (χ3v) is 3.17. The van der Waals surface area contributed by atoms with Gasteiger partial charge in [-0.3, -0.25) is 4.90 Å². The Labute approximate surface area is 134 Å². The molecule has 1 heterocycles. The van der Waals surface area contributed by atoms with E-state index in [1.165, 1.54) is 6.07 Å². The number of nitrogens with one attached hydrogen (secondary N) is 1. The van der Waals surface area contributed by atoms with Crippen LogP contribution in [0.2, 0.25) is 0 Å². The first-order chi connectivity index (χ1) is 11.0. The van der Waals surface area contributed by atoms with Gasteiger partial charge >= 0.3 is 18.3 Å². The predicted octanol–water partition coefficient (Wildman–Crippen LogP) is 2.74. The minimum atomic E-state index is -5.08. The molecule has 0 saturated carbocycles. The van der Waals surface area contributed by atoms with Gasteiger partial charge in [0.1, 0.15) is 0 Å². The van der Waals surface area contributed by atoms with E-state index >= 15 is 0 Å². The van der Waals surface area contributed by atoms with Crippen LogP contribution in [0.4, 0.5) is 26.3 Å². The maximum absolute atomic E-state index is 12.8. The zero-order valence-corrected chi connectivity index (χ0v) is 12.4. The Morgan fingerprint density at radius 3 is 2.04 bits per heavy atom. The van der Waals surface area contributed by atoms with E-state index in [0.717, 1.165) is 32.2 Å². The van der Waals surface area contributed by atoms with Crippen LogP contribution >= 0.6 is 0 Å². The number of carboxylic acids is 1. The summed E-state index contributed by atoms with van der Waals surface area (Å²) in [6.07, 6.45) is -9.34. The standard InChI is InChI=1S/C12H15F3N2.C2HF3O2/c13-12(14,15)11-4-2-1-3-10(11)9-17-7-5-16-6-8-17;3-2(4,5)1(6)7/h1-4,16H,5-9H2;(H,6,7). The van der Waals surface area contributed by atoms with E-state index in [1.807, 2.05) is 4.90 Å². The van der Waals surface area contributed by atoms with Gasteiger partial charge in [-0.05, 0) is 11.6 Å². The number of benzene rings is 1. The lowest BCUT2D eigenvalue weighted by Crippen LogP contribution is -2.43. The highest BCUT2D eigenvalue weighted by Gasteiger charge is 2.38. The molecule has 0 atom stereocenters. The van der Waals surface area contributed by atoms with E-state index in [1.54, 1.807) is 12.1 Å². The number of carboxylic acid groups (broad SMARTS) is 1. The molecular weight excluding hydrogens is 342 g/mol. The van der Waals surface area contributed by atoms with Gasteiger partial charge in [0.15, 0.2) is 0 Å². The average molecular weight is 358 g/mol. The fraction of sp³-hybridized carbons (Fsp3) is 0.500. The van der Waals surface area contributed by atoms with Crippen molar-refractivity contribution >= 4 is 5.97 Å². The molecular formula is C14H16F6N2O2. The second-order valence-electron chi connectivity index (χ2n) is 4.98. The van der Waals surface area contributed by atoms with Gasteiger partial charge in [0, 0.05) is 32.7 Å². The van der Waals surface area contributed by atoms with Crippen LogP contribution in [0.3, 0.4) is 0 Å². The van der Waals surface area contributed by atoms with Crippen LogP contribution < -0.4 is 5.32 Å². The van der Waals surface area contributed by atoms with Gasteiger partial charge in [-0.2, -0.15) is 26.3 Å². The van der Waals surface area contributed by atoms with Crippen LogP contribution in [-0.2, 0) is 17.5 Å². The summed E-state index contributed by atoms with van der Waals surface area (Å²) < 4.78 is 70.1. The van der Waals surface area contributed by atoms with Crippen LogP contribution in [0.1, 0.15) is 11.1 Å². The van der Waals surface area contributed by atoms with Gasteiger partial charge in [-0.1, -0.05) is 18.2 Å². The summed E-state index contributed by atoms with van der Waals surface area (Å²) in [4.78, 5) is 10.9. The SMILES string of the molecule is FC(F)(F)c1ccccc1CN1CCNCC1.O=C(O)C(F)(F)F. The number of hydrogen-bond acceptors (Lipinski definition) is 3. The van der Waals surface area contributed by atoms with E-state index in [9.17, 15) is 26.3 Å². The highest BCUT2D eigenvalue weighted by atomic mass is 19.4. The fourth-order valence-electron chi connectivity index (χ4n) is 2.04. The molecule has 2 rings (SSSR count). The second kappa shape index (κ2) is 8.34. The lowest BCUT2D eigenvalue weighted by atomic mass is 10.1. The summed E-state index contributed by atoms with van der Waals surface area (Å²) in [6.45, 7) is 3.65. The highest BCUT2D eigenvalue weighted by Crippen LogP contribution is 2.32. The smallest absolute Gasteiger partial charge is 0.475 e. The molecule has 24 heavy (non-hydrogen) atoms. The van der Waals surface area contributed by atoms with Crippen LogP contribution in [0.5, 0.6) is 0 Å². The summed E-state index contributed by atoms with van der Waals surface area (Å²) in [7, 11) is 0. The molecule has 1 saturated heterocycles. The maximum atomic E-state index is 12.8. The van der Waals surface area contributed by atoms with Gasteiger partial charge in [0.25, 0.3) is 0 Å². The molecule has 10 heteroatoms. The van der Waals surface area contributed by atoms with Crippen LogP contribution in [0.25, 0.3) is 0 Å². The molecule has 2 N–H and O–H groups in total. The molecule has 0 unspecified atom stereocenters. The zero-order valence-electron chi connectivity index (χ0n) is 12.4. The first-order valence-corrected chi connectivity index (χ1v) is 6.90. The van der Waals surface area contributed by atoms with Crippen molar-refractivity contribution in [3.8, 4) is 0 Å². The number of carbonyl (C=O) groups is 1. The summed E-state index contributed by atoms with van der Waals surface area (Å²) in [5, 5.41) is 10.3. The molecule has 0 amide bonds. The van der Waals surface area contributed by atoms with E-state index in [0.29, 0.717) is 12.1 Å². The molecule has 136 valence electrons. The minimum absolute atomic E-state index is 0.363. The summed E-state index contributed by atoms with van der Waals surface area (Å²) >= 11 is 0. The second-order valence-corrected chi connectivity index (χ2v) is 4.98. The van der Waals surface area contributed by atoms with Crippen LogP contribution in [0.15, 0.2) is 24.3 Å². The predicted molar refractivity (Wildman–Crippen MR) is 73.3 cm³/mol. The Kier molecular flexibility index (Phi) is 7.03. The minimum Gasteiger partial charge on any atom is -0.475 e. The third-order valence-electron chi connectivity index (χ3n) is 3.17. The number of piperazine rings is 1. The topological polar surface area (TPSA) is 52.6 Å². The Hall–Kier alpha value is -1.81. The number of aliphatic carboxylic acids is 1. The molecule has 1 aromatic carbocycles. The van der Waals surface area contributed by atoms with Crippen molar-refractivity contribution in [2.24, 2.45) is 0 Å². The Balaban J connectivity index is 0.000000351. The van der Waals surface area contributed by atoms with Crippen molar-refractivity contribution in [3.05, 3.63) is 35.4 Å². The lowest BCUT2D eigenvalue weighted by Gasteiger charge is -2.28. The quantitative estimate of drug-likeness (QED) is 0.799. The zero-order chi connectivity index (χ0) is 18.4. The van der Waals surface area contributed by atoms with E-state index < -0.39 is 23.9 Å². The molecule has 4 nitrogen and oxygen atoms in total. The maximum Gasteiger partial charge on any atom is 0.490 e. The summed E-state index contributed by atoms with van der Waals surface area (Å²) in [5.74, 6) is -2.76. The Morgan fingerprint density at radius 2 is 1.58 bits per heavy atom. The van der Waals surface area contributed by atoms with Crippen LogP contribution in [0, 0.1) is 0 Å². The number of rotatable bonds is 2. The van der Waals surface area contributed by atoms with E-state index in [2.05, 4.69) is 5.32 Å². The van der Waals surface area contributed by atoms with E-state index in [-0.39, 0.29) is 0 Å². The Bertz CT molecular complexity index is 539. The molecule has 0 radical (unpaired) electrons. The molecule has 1 aliphatic heterocycles. The average Bonchev–Trinajstić information content (AvgIpc) is 2.47. The molecule has 0 aliphatic carbocycles. The first kappa shape index (κ1) is 20.2. The molecule has 0 aromatic heterocycles. The number of alkyl halides is 6. The number of hydrogen-bond donors (Lipinski definition) is 2. The van der Waals surface area contributed by atoms with Crippen molar-refractivity contribution in [2.75, 3.05) is 26.2 Å². The van der Waals surface area contributed by atoms with E-state index in [4.69, 9.17) is 9.90 Å². The van der Waals surface area contributed by atoms with Crippen LogP contribution in [-0.4, -0.2) is 48.3 Å². The molecule has 1 aromatic rings. The Morgan fingerprint density at radius 1 is 1.08 bits per heavy atom. The third kappa shape index (κ3) is 6.75. The van der Waals surface area contributed by atoms with Crippen molar-refractivity contribution < 1.29 is 36.2 Å². The van der Waals surface area contributed by atoms with Gasteiger partial charge in [0.2, 0.25) is 0 Å². The summed E-state index contributed by atoms with van der Waals surface area (Å²) in [6, 6.07) is 5.80. The molecule has 1 aliphatic rings. The first-order valence-electron chi connectivity index (χ1n) is 6.90. The van der Waals surface area contributed by atoms with Gasteiger partial charge < -0.3 is 10.4 Å². The fourth-order valence-corrected chi connectivity index (χ4v) is 2.04. The van der Waals surface area contributed by atoms with Gasteiger partial charge in [-0.15, -0.1) is 0 Å². The van der Waals surface area contributed by atoms with Crippen molar-refractivity contribution in [3.63, 3.8) is 0 Å². The molecule has 0 bridgehead atoms. The number of nitrogens with zero attached hydrogens (tertiary/aromatic N) is 1. The van der Waals surface area contributed by atoms with Crippen molar-refractivity contribution in [1.82, 2.24) is 10.2 Å². The lowest BCUT2D eigenvalue weighted by molar-refractivity contribution is -0.192. The largest absolute Gasteiger partial charge is 0.490 e. The molecule has 1 fully saturated rings. The number of halogens is 6. The van der Waals surface area contributed by atoms with Crippen molar-refractivity contribution in [2.45, 2.75) is 18.9 Å². The normalized spacial score (nSPS) is 16.2. The molecule has 0 spiro atoms. The van der Waals surface area contributed by atoms with Gasteiger partial charge in [-0.25, -0.2) is 4.79 Å². The monoisotopic (exact) mass is 358 g/mol. The summed E-state index contributed by atoms with van der Waals surface area (Å²) in [5.41, 5.74) is -0.152. The highest BCUT2D eigenvalue weighted by molar-refractivity contribution is 5.73. The van der Waals surface area contributed by atoms with Gasteiger partial charge in [0.05, 0.1) is 5.56 Å². The van der Waals surface area contributed by atoms with Crippen molar-refractivity contribution in [1.29, 1.82) is 0 Å².